The number of nitrogens with zero attached hydrogens (tertiary/aromatic N) is 3. The summed E-state index contributed by atoms with van der Waals surface area (Å²) in [7, 11) is 1.34. The van der Waals surface area contributed by atoms with Gasteiger partial charge in [-0.05, 0) is 49.3 Å². The van der Waals surface area contributed by atoms with Crippen molar-refractivity contribution in [3.05, 3.63) is 34.2 Å². The number of esters is 1. The summed E-state index contributed by atoms with van der Waals surface area (Å²) < 4.78 is 11.9. The Bertz CT molecular complexity index is 845. The second kappa shape index (κ2) is 7.07. The van der Waals surface area contributed by atoms with Crippen LogP contribution in [0.5, 0.6) is 0 Å². The van der Waals surface area contributed by atoms with Gasteiger partial charge in [-0.1, -0.05) is 6.07 Å². The Balaban J connectivity index is 1.84. The first-order valence-corrected chi connectivity index (χ1v) is 8.45. The molecule has 0 aliphatic carbocycles. The van der Waals surface area contributed by atoms with Gasteiger partial charge in [0.15, 0.2) is 0 Å². The van der Waals surface area contributed by atoms with Crippen LogP contribution in [0.2, 0.25) is 0 Å². The Morgan fingerprint density at radius 1 is 1.44 bits per heavy atom. The van der Waals surface area contributed by atoms with Crippen molar-refractivity contribution in [2.24, 2.45) is 0 Å². The minimum Gasteiger partial charge on any atom is -0.468 e. The molecule has 25 heavy (non-hydrogen) atoms. The quantitative estimate of drug-likeness (QED) is 0.658. The van der Waals surface area contributed by atoms with Gasteiger partial charge in [0, 0.05) is 18.5 Å². The molecular formula is C17H21N3O4S. The number of carbonyl (C=O) groups is 1. The number of hydrogen-bond donors (Lipinski definition) is 1. The van der Waals surface area contributed by atoms with Gasteiger partial charge in [-0.2, -0.15) is 0 Å². The van der Waals surface area contributed by atoms with E-state index in [9.17, 15) is 9.90 Å². The maximum Gasteiger partial charge on any atom is 0.323 e. The number of β-amino-alcohol motifs (C(OH)–C–C–N with tert-alkyl or cyclic N) is 1. The summed E-state index contributed by atoms with van der Waals surface area (Å²) in [6.07, 6.45) is -0.244. The first kappa shape index (κ1) is 17.8. The second-order valence-corrected chi connectivity index (χ2v) is 6.66. The van der Waals surface area contributed by atoms with Gasteiger partial charge < -0.3 is 14.3 Å². The zero-order valence-electron chi connectivity index (χ0n) is 14.4. The summed E-state index contributed by atoms with van der Waals surface area (Å²) in [5.74, 6) is 0.0587. The molecule has 2 atom stereocenters. The van der Waals surface area contributed by atoms with Crippen LogP contribution in [0.25, 0.3) is 11.5 Å². The number of methoxy groups -OCH3 is 1. The van der Waals surface area contributed by atoms with E-state index >= 15 is 0 Å². The topological polar surface area (TPSA) is 80.7 Å². The third kappa shape index (κ3) is 3.65. The van der Waals surface area contributed by atoms with Crippen molar-refractivity contribution < 1.29 is 19.1 Å². The molecule has 0 saturated carbocycles. The highest BCUT2D eigenvalue weighted by molar-refractivity contribution is 7.71. The number of benzene rings is 1. The number of aromatic nitrogens is 2. The van der Waals surface area contributed by atoms with E-state index in [1.165, 1.54) is 17.4 Å². The van der Waals surface area contributed by atoms with E-state index in [0.29, 0.717) is 18.9 Å². The molecule has 1 saturated heterocycles. The van der Waals surface area contributed by atoms with Gasteiger partial charge in [-0.15, -0.1) is 5.10 Å². The van der Waals surface area contributed by atoms with Crippen LogP contribution in [-0.2, 0) is 16.2 Å². The largest absolute Gasteiger partial charge is 0.468 e. The second-order valence-electron chi connectivity index (χ2n) is 6.31. The average molecular weight is 363 g/mol. The van der Waals surface area contributed by atoms with Crippen molar-refractivity contribution >= 4 is 18.2 Å². The fourth-order valence-corrected chi connectivity index (χ4v) is 3.15. The highest BCUT2D eigenvalue weighted by Gasteiger charge is 2.37. The minimum atomic E-state index is -0.579. The van der Waals surface area contributed by atoms with Gasteiger partial charge in [0.05, 0.1) is 19.9 Å². The van der Waals surface area contributed by atoms with Gasteiger partial charge in [0.2, 0.25) is 5.89 Å². The maximum atomic E-state index is 11.9. The number of aliphatic hydroxyl groups is 1. The smallest absolute Gasteiger partial charge is 0.323 e. The Morgan fingerprint density at radius 2 is 2.20 bits per heavy atom. The molecule has 0 spiro atoms. The lowest BCUT2D eigenvalue weighted by atomic mass is 10.1. The Kier molecular flexibility index (Phi) is 5.03. The predicted molar refractivity (Wildman–Crippen MR) is 93.4 cm³/mol. The van der Waals surface area contributed by atoms with Gasteiger partial charge in [0.25, 0.3) is 4.84 Å². The molecule has 2 heterocycles. The van der Waals surface area contributed by atoms with Gasteiger partial charge in [-0.3, -0.25) is 9.69 Å². The van der Waals surface area contributed by atoms with E-state index in [2.05, 4.69) is 5.10 Å². The fourth-order valence-electron chi connectivity index (χ4n) is 2.98. The van der Waals surface area contributed by atoms with E-state index in [-0.39, 0.29) is 17.5 Å². The number of rotatable bonds is 4. The molecule has 3 rings (SSSR count). The lowest BCUT2D eigenvalue weighted by Crippen LogP contribution is -2.38. The standard InChI is InChI=1S/C17H21N3O4S/c1-10-4-5-12(6-11(10)2)15-18-20(17(25)24-15)9-19-8-13(21)7-14(19)16(22)23-3/h4-6,13-14,21H,7-9H2,1-3H3/t13-,14+/m1/s1. The highest BCUT2D eigenvalue weighted by Crippen LogP contribution is 2.23. The summed E-state index contributed by atoms with van der Waals surface area (Å²) in [5, 5.41) is 14.3. The lowest BCUT2D eigenvalue weighted by Gasteiger charge is -2.21. The van der Waals surface area contributed by atoms with Crippen molar-refractivity contribution in [3.63, 3.8) is 0 Å². The van der Waals surface area contributed by atoms with Crippen LogP contribution in [0.4, 0.5) is 0 Å². The summed E-state index contributed by atoms with van der Waals surface area (Å²) in [5.41, 5.74) is 3.18. The van der Waals surface area contributed by atoms with Gasteiger partial charge in [-0.25, -0.2) is 4.68 Å². The molecule has 1 aromatic heterocycles. The molecule has 1 N–H and O–H groups in total. The Labute approximate surface area is 150 Å². The predicted octanol–water partition coefficient (Wildman–Crippen LogP) is 2.06. The minimum absolute atomic E-state index is 0.221. The summed E-state index contributed by atoms with van der Waals surface area (Å²) in [6, 6.07) is 5.43. The summed E-state index contributed by atoms with van der Waals surface area (Å²) in [6.45, 7) is 4.67. The van der Waals surface area contributed by atoms with E-state index in [0.717, 1.165) is 11.1 Å². The van der Waals surface area contributed by atoms with Crippen molar-refractivity contribution in [2.75, 3.05) is 13.7 Å². The van der Waals surface area contributed by atoms with E-state index in [1.54, 1.807) is 4.90 Å². The number of likely N-dealkylation sites (tertiary alicyclic amines) is 1. The zero-order valence-corrected chi connectivity index (χ0v) is 15.2. The van der Waals surface area contributed by atoms with Crippen LogP contribution >= 0.6 is 12.2 Å². The number of hydrogen-bond acceptors (Lipinski definition) is 7. The third-order valence-electron chi connectivity index (χ3n) is 4.53. The van der Waals surface area contributed by atoms with Crippen LogP contribution in [0.3, 0.4) is 0 Å². The van der Waals surface area contributed by atoms with Crippen molar-refractivity contribution in [1.82, 2.24) is 14.7 Å². The lowest BCUT2D eigenvalue weighted by molar-refractivity contribution is -0.146. The molecule has 1 fully saturated rings. The van der Waals surface area contributed by atoms with Crippen LogP contribution in [-0.4, -0.2) is 51.6 Å². The molecule has 2 aromatic rings. The van der Waals surface area contributed by atoms with Crippen LogP contribution in [0.15, 0.2) is 22.6 Å². The van der Waals surface area contributed by atoms with E-state index < -0.39 is 12.1 Å². The van der Waals surface area contributed by atoms with Crippen LogP contribution in [0, 0.1) is 18.7 Å². The SMILES string of the molecule is COC(=O)[C@@H]1C[C@@H](O)CN1Cn1nc(-c2ccc(C)c(C)c2)oc1=S. The number of aryl methyl sites for hydroxylation is 2. The molecule has 0 unspecified atom stereocenters. The maximum absolute atomic E-state index is 11.9. The van der Waals surface area contributed by atoms with Crippen molar-refractivity contribution in [2.45, 2.75) is 39.1 Å². The van der Waals surface area contributed by atoms with Crippen LogP contribution < -0.4 is 0 Å². The average Bonchev–Trinajstić information content (AvgIpc) is 3.13. The number of aliphatic hydroxyl groups excluding tert-OH is 1. The molecule has 1 aliphatic heterocycles. The molecule has 8 heteroatoms. The fraction of sp³-hybridized carbons (Fsp3) is 0.471. The molecule has 0 bridgehead atoms. The van der Waals surface area contributed by atoms with Gasteiger partial charge >= 0.3 is 5.97 Å². The molecule has 0 radical (unpaired) electrons. The molecule has 1 aliphatic rings. The zero-order chi connectivity index (χ0) is 18.1. The molecule has 7 nitrogen and oxygen atoms in total. The molecule has 0 amide bonds. The first-order valence-electron chi connectivity index (χ1n) is 8.04. The normalized spacial score (nSPS) is 20.8. The monoisotopic (exact) mass is 363 g/mol. The third-order valence-corrected chi connectivity index (χ3v) is 4.82. The molecular weight excluding hydrogens is 342 g/mol. The van der Waals surface area contributed by atoms with Crippen LogP contribution in [0.1, 0.15) is 17.5 Å². The Morgan fingerprint density at radius 3 is 2.88 bits per heavy atom. The molecule has 134 valence electrons. The number of carbonyl (C=O) groups excluding carboxylic acids is 1. The molecule has 1 aromatic carbocycles. The Hall–Kier alpha value is -2.03. The van der Waals surface area contributed by atoms with E-state index in [1.807, 2.05) is 32.0 Å². The number of ether oxygens (including phenoxy) is 1. The highest BCUT2D eigenvalue weighted by atomic mass is 32.1. The van der Waals surface area contributed by atoms with E-state index in [4.69, 9.17) is 21.4 Å². The summed E-state index contributed by atoms with van der Waals surface area (Å²) in [4.78, 5) is 13.9. The van der Waals surface area contributed by atoms with Gasteiger partial charge in [0.1, 0.15) is 6.04 Å². The van der Waals surface area contributed by atoms with Crippen molar-refractivity contribution in [1.29, 1.82) is 0 Å². The van der Waals surface area contributed by atoms with Crippen molar-refractivity contribution in [3.8, 4) is 11.5 Å². The summed E-state index contributed by atoms with van der Waals surface area (Å²) >= 11 is 5.26. The first-order chi connectivity index (χ1) is 11.9.